The number of aromatic nitrogens is 11. The van der Waals surface area contributed by atoms with E-state index in [1.165, 1.54) is 44.7 Å². The molecule has 0 radical (unpaired) electrons. The van der Waals surface area contributed by atoms with Crippen LogP contribution in [-0.4, -0.2) is 108 Å². The quantitative estimate of drug-likeness (QED) is 0.0820. The lowest BCUT2D eigenvalue weighted by Crippen LogP contribution is -2.40. The number of anilines is 1. The number of ketones is 1. The first-order valence-electron chi connectivity index (χ1n) is 19.7. The molecule has 0 saturated heterocycles. The number of carbonyl (C=O) groups excluding carboxylic acids is 3. The van der Waals surface area contributed by atoms with Gasteiger partial charge in [-0.25, -0.2) is 38.1 Å². The number of halogens is 9. The van der Waals surface area contributed by atoms with Crippen LogP contribution in [0.5, 0.6) is 0 Å². The number of amides is 1. The predicted molar refractivity (Wildman–Crippen MR) is 275 cm³/mol. The summed E-state index contributed by atoms with van der Waals surface area (Å²) < 4.78 is 34.1. The van der Waals surface area contributed by atoms with Crippen LogP contribution in [-0.2, 0) is 14.1 Å². The van der Waals surface area contributed by atoms with Gasteiger partial charge in [-0.15, -0.1) is 21.8 Å². The van der Waals surface area contributed by atoms with Crippen molar-refractivity contribution in [1.82, 2.24) is 59.3 Å². The number of esters is 1. The molecule has 386 valence electrons. The number of carbonyl (C=O) groups is 4. The largest absolute Gasteiger partial charge is 0.478 e. The minimum atomic E-state index is -3.22. The Morgan fingerprint density at radius 3 is 1.59 bits per heavy atom. The lowest BCUT2D eigenvalue weighted by molar-refractivity contribution is -0.114. The van der Waals surface area contributed by atoms with Crippen molar-refractivity contribution in [3.05, 3.63) is 103 Å². The number of nitrogens with two attached hydrogens (primary N) is 1. The minimum Gasteiger partial charge on any atom is -0.478 e. The summed E-state index contributed by atoms with van der Waals surface area (Å²) in [6.07, 6.45) is 5.07. The number of aromatic carboxylic acids is 1. The van der Waals surface area contributed by atoms with E-state index in [0.717, 1.165) is 11.4 Å². The van der Waals surface area contributed by atoms with E-state index in [1.807, 2.05) is 40.7 Å². The van der Waals surface area contributed by atoms with E-state index in [-0.39, 0.29) is 69.5 Å². The van der Waals surface area contributed by atoms with Crippen molar-refractivity contribution in [2.24, 2.45) is 0 Å². The number of aryl methyl sites for hydroxylation is 3. The van der Waals surface area contributed by atoms with Crippen molar-refractivity contribution in [2.45, 2.75) is 68.4 Å². The van der Waals surface area contributed by atoms with E-state index >= 15 is 0 Å². The number of imidazole rings is 3. The molecule has 4 N–H and O–H groups in total. The number of fused-ring (bicyclic) bond motifs is 3. The Morgan fingerprint density at radius 1 is 0.817 bits per heavy atom. The van der Waals surface area contributed by atoms with Crippen molar-refractivity contribution in [3.8, 4) is 6.07 Å². The van der Waals surface area contributed by atoms with Crippen molar-refractivity contribution < 1.29 is 39.3 Å². The van der Waals surface area contributed by atoms with Gasteiger partial charge in [0.25, 0.3) is 5.91 Å². The highest BCUT2D eigenvalue weighted by molar-refractivity contribution is 8.24. The molecule has 0 saturated carbocycles. The third-order valence-electron chi connectivity index (χ3n) is 7.11. The summed E-state index contributed by atoms with van der Waals surface area (Å²) in [5.41, 5.74) is 9.79. The monoisotopic (exact) mass is 1170 g/mol. The maximum Gasteiger partial charge on any atom is 0.342 e. The maximum absolute atomic E-state index is 12.2. The number of nitrogens with zero attached hydrogens (tertiary/aromatic N) is 12. The van der Waals surface area contributed by atoms with Crippen LogP contribution in [0, 0.1) is 32.1 Å². The van der Waals surface area contributed by atoms with E-state index in [1.54, 1.807) is 32.4 Å². The number of nitriles is 1. The second-order valence-corrected chi connectivity index (χ2v) is 22.6. The molecule has 0 aliphatic rings. The number of Topliss-reactive ketones (excluding diaryl/α,β-unsaturated/α-hetero) is 1. The Morgan fingerprint density at radius 2 is 1.20 bits per heavy atom. The number of alkyl halides is 2. The molecular formula is C40H46Cl8FN14O7P. The van der Waals surface area contributed by atoms with Crippen molar-refractivity contribution >= 4 is 143 Å². The Labute approximate surface area is 447 Å². The molecule has 71 heavy (non-hydrogen) atoms. The van der Waals surface area contributed by atoms with E-state index in [4.69, 9.17) is 80.2 Å². The molecule has 0 bridgehead atoms. The fourth-order valence-corrected chi connectivity index (χ4v) is 5.46. The van der Waals surface area contributed by atoms with Gasteiger partial charge < -0.3 is 20.9 Å². The van der Waals surface area contributed by atoms with E-state index in [2.05, 4.69) is 79.5 Å². The normalized spacial score (nSPS) is 10.4. The second kappa shape index (κ2) is 30.6. The molecule has 0 aromatic carbocycles. The number of ether oxygens (including phenoxy) is 1. The summed E-state index contributed by atoms with van der Waals surface area (Å²) in [4.78, 5) is 56.4. The van der Waals surface area contributed by atoms with Gasteiger partial charge in [0.05, 0.1) is 67.8 Å². The van der Waals surface area contributed by atoms with Gasteiger partial charge in [0.1, 0.15) is 23.0 Å². The third kappa shape index (κ3) is 23.7. The van der Waals surface area contributed by atoms with Crippen LogP contribution < -0.4 is 11.1 Å². The number of nitrogen functional groups attached to an aromatic ring is 1. The summed E-state index contributed by atoms with van der Waals surface area (Å²) in [5, 5.41) is 37.0. The summed E-state index contributed by atoms with van der Waals surface area (Å²) >= 11 is 41.6. The molecule has 7 aromatic heterocycles. The van der Waals surface area contributed by atoms with Crippen LogP contribution >= 0.6 is 96.9 Å². The molecule has 0 spiro atoms. The molecule has 31 heteroatoms. The lowest BCUT2D eigenvalue weighted by Gasteiger charge is -2.20. The number of nitrogens with one attached hydrogen (secondary N) is 1. The molecule has 7 rings (SSSR count). The van der Waals surface area contributed by atoms with Crippen LogP contribution in [0.3, 0.4) is 0 Å². The Hall–Kier alpha value is -5.21. The van der Waals surface area contributed by atoms with Crippen molar-refractivity contribution in [1.29, 1.82) is 5.26 Å². The highest BCUT2D eigenvalue weighted by Gasteiger charge is 2.20. The molecule has 1 amide bonds. The van der Waals surface area contributed by atoms with Crippen LogP contribution in [0.25, 0.3) is 16.9 Å². The molecule has 7 heterocycles. The standard InChI is InChI=1S/C12H15ClN4O.C8H5ClN4.C8H6ClN3O2.C7H8ClN3O2.C3H5ClO.CH3F.CH4.Cl3OP/c1-7-6-17-10(14-7)8(5-9(13)16-17)11(18)15-12(2,3)4;1-5-4-13-8(11-5)6(3-10)2-7(9)12-13;1-4-3-12-7(10-4)5(8(13)14)2-6(9)11-12;1-2-13-7(12)4-3-5(8)10-11-6(4)9;1-3(5)2-4;1-2;;1-5(2,3)4/h5-6H,1-4H3,(H,15,18);2,4H,1H3;2-3H,1H3,(H,13,14);3H,2H2,1H3,(H2,9,11);2H2,1H3;1H3;1H4;/i;;;;;1D;;. The first-order chi connectivity index (χ1) is 32.9. The fraction of sp³-hybridized carbons (Fsp3) is 0.325. The lowest BCUT2D eigenvalue weighted by atomic mass is 10.1. The van der Waals surface area contributed by atoms with Gasteiger partial charge in [0, 0.05) is 5.54 Å². The van der Waals surface area contributed by atoms with Gasteiger partial charge in [0.15, 0.2) is 43.4 Å². The topological polar surface area (TPSA) is 293 Å². The molecule has 0 atom stereocenters. The van der Waals surface area contributed by atoms with Crippen molar-refractivity contribution in [2.75, 3.05) is 25.4 Å². The van der Waals surface area contributed by atoms with Crippen molar-refractivity contribution in [3.63, 3.8) is 0 Å². The molecule has 0 unspecified atom stereocenters. The Balaban J connectivity index is 0.000000864. The molecule has 21 nitrogen and oxygen atoms in total. The summed E-state index contributed by atoms with van der Waals surface area (Å²) in [7, 11) is -1.00. The first kappa shape index (κ1) is 63.8. The maximum atomic E-state index is 12.2. The molecule has 0 aliphatic carbocycles. The zero-order chi connectivity index (χ0) is 54.6. The van der Waals surface area contributed by atoms with Crippen LogP contribution in [0.4, 0.5) is 10.2 Å². The average molecular weight is 1170 g/mol. The molecule has 7 aromatic rings. The number of hydrogen-bond donors (Lipinski definition) is 3. The summed E-state index contributed by atoms with van der Waals surface area (Å²) in [5.74, 6) is -1.64. The van der Waals surface area contributed by atoms with Gasteiger partial charge >= 0.3 is 17.1 Å². The smallest absolute Gasteiger partial charge is 0.342 e. The van der Waals surface area contributed by atoms with Gasteiger partial charge in [-0.3, -0.25) is 18.5 Å². The zero-order valence-corrected chi connectivity index (χ0v) is 44.8. The van der Waals surface area contributed by atoms with Gasteiger partial charge in [-0.05, 0) is 113 Å². The highest BCUT2D eigenvalue weighted by atomic mass is 36.0. The van der Waals surface area contributed by atoms with Crippen LogP contribution in [0.1, 0.15) is 97.1 Å². The predicted octanol–water partition coefficient (Wildman–Crippen LogP) is 10.9. The van der Waals surface area contributed by atoms with E-state index < -0.39 is 24.3 Å². The molecular weight excluding hydrogens is 1120 g/mol. The minimum absolute atomic E-state index is 0. The van der Waals surface area contributed by atoms with Gasteiger partial charge in [0.2, 0.25) is 0 Å². The first-order valence-corrected chi connectivity index (χ1v) is 25.4. The SMILES string of the molecule is C.CC(=O)CCl.CCOC(=O)c1cc(Cl)nnc1N.Cc1cn2nc(Cl)cc(C#N)c2n1.Cc1cn2nc(Cl)cc(C(=O)NC(C)(C)C)c2n1.Cc1cn2nc(Cl)cc(C(=O)O)c2n1.O=P(Cl)(Cl)Cl.[2H]CF. The van der Waals surface area contributed by atoms with E-state index in [9.17, 15) is 28.1 Å². The van der Waals surface area contributed by atoms with Gasteiger partial charge in [-0.2, -0.15) is 20.6 Å². The number of carboxylic acids is 1. The second-order valence-electron chi connectivity index (χ2n) is 14.1. The third-order valence-corrected chi connectivity index (χ3v) is 8.22. The Kier molecular flexibility index (Phi) is 27.5. The van der Waals surface area contributed by atoms with Gasteiger partial charge in [-0.1, -0.05) is 53.8 Å². The average Bonchev–Trinajstić information content (AvgIpc) is 3.94. The van der Waals surface area contributed by atoms with Crippen LogP contribution in [0.2, 0.25) is 20.6 Å². The number of hydrogen-bond acceptors (Lipinski definition) is 16. The molecule has 0 aliphatic heterocycles. The Bertz CT molecular complexity index is 3050. The summed E-state index contributed by atoms with van der Waals surface area (Å²) in [6, 6.07) is 7.66. The zero-order valence-electron chi connectivity index (χ0n) is 38.9. The fourth-order valence-electron chi connectivity index (χ4n) is 4.75. The summed E-state index contributed by atoms with van der Waals surface area (Å²) in [6.45, 7) is 14.6. The van der Waals surface area contributed by atoms with E-state index in [0.29, 0.717) is 38.9 Å². The number of carboxylic acid groups (broad SMARTS) is 1. The number of rotatable bonds is 5. The van der Waals surface area contributed by atoms with Crippen LogP contribution in [0.15, 0.2) is 42.9 Å². The molecule has 0 fully saturated rings. The highest BCUT2D eigenvalue weighted by Crippen LogP contribution is 2.61.